The molecule has 2 aromatic rings. The van der Waals surface area contributed by atoms with Gasteiger partial charge in [-0.3, -0.25) is 14.3 Å². The van der Waals surface area contributed by atoms with E-state index in [-0.39, 0.29) is 17.5 Å². The van der Waals surface area contributed by atoms with Crippen molar-refractivity contribution in [3.8, 4) is 0 Å². The van der Waals surface area contributed by atoms with Crippen LogP contribution in [0.1, 0.15) is 55.4 Å². The van der Waals surface area contributed by atoms with Gasteiger partial charge < -0.3 is 16.4 Å². The first-order valence-corrected chi connectivity index (χ1v) is 11.7. The van der Waals surface area contributed by atoms with E-state index in [4.69, 9.17) is 17.3 Å². The maximum atomic E-state index is 13.3. The van der Waals surface area contributed by atoms with Crippen molar-refractivity contribution in [2.24, 2.45) is 23.5 Å². The van der Waals surface area contributed by atoms with Crippen LogP contribution in [0, 0.1) is 17.8 Å². The Morgan fingerprint density at radius 3 is 2.41 bits per heavy atom. The second kappa shape index (κ2) is 9.48. The Kier molecular flexibility index (Phi) is 6.80. The number of amides is 2. The van der Waals surface area contributed by atoms with Gasteiger partial charge in [-0.15, -0.1) is 0 Å². The number of nitrogens with one attached hydrogen (secondary N) is 2. The van der Waals surface area contributed by atoms with E-state index in [1.54, 1.807) is 35.1 Å². The van der Waals surface area contributed by atoms with Crippen LogP contribution in [0.2, 0.25) is 5.02 Å². The van der Waals surface area contributed by atoms with Crippen LogP contribution in [0.4, 0.5) is 24.7 Å². The molecule has 2 fully saturated rings. The Morgan fingerprint density at radius 1 is 1.18 bits per heavy atom. The molecule has 0 spiro atoms. The SMILES string of the molecule is C[C@H]1C[C@@H](C(=O)N[C@@H](C2CC2)C(F)(F)F)CC[C@@H]1n1cc(C(N)=O)c(Nc2ccc(Cl)cc2)n1. The van der Waals surface area contributed by atoms with Gasteiger partial charge in [0.25, 0.3) is 5.91 Å². The van der Waals surface area contributed by atoms with E-state index in [0.29, 0.717) is 48.6 Å². The molecule has 184 valence electrons. The number of rotatable bonds is 7. The predicted molar refractivity (Wildman–Crippen MR) is 122 cm³/mol. The van der Waals surface area contributed by atoms with Crippen molar-refractivity contribution < 1.29 is 22.8 Å². The van der Waals surface area contributed by atoms with Crippen molar-refractivity contribution in [3.63, 3.8) is 0 Å². The molecular formula is C23H27ClF3N5O2. The number of alkyl halides is 3. The van der Waals surface area contributed by atoms with E-state index in [9.17, 15) is 22.8 Å². The molecule has 4 rings (SSSR count). The normalized spacial score (nSPS) is 23.9. The van der Waals surface area contributed by atoms with Crippen molar-refractivity contribution in [2.45, 2.75) is 57.3 Å². The highest BCUT2D eigenvalue weighted by atomic mass is 35.5. The topological polar surface area (TPSA) is 102 Å². The molecule has 4 N–H and O–H groups in total. The van der Waals surface area contributed by atoms with Gasteiger partial charge in [0.2, 0.25) is 5.91 Å². The lowest BCUT2D eigenvalue weighted by atomic mass is 9.78. The molecule has 2 saturated carbocycles. The molecule has 1 heterocycles. The summed E-state index contributed by atoms with van der Waals surface area (Å²) in [6, 6.07) is 5.00. The van der Waals surface area contributed by atoms with Gasteiger partial charge in [-0.2, -0.15) is 18.3 Å². The highest BCUT2D eigenvalue weighted by molar-refractivity contribution is 6.30. The van der Waals surface area contributed by atoms with Crippen LogP contribution < -0.4 is 16.4 Å². The van der Waals surface area contributed by atoms with E-state index in [0.717, 1.165) is 0 Å². The van der Waals surface area contributed by atoms with Crippen LogP contribution in [-0.4, -0.2) is 33.8 Å². The number of carbonyl (C=O) groups excluding carboxylic acids is 2. The fourth-order valence-corrected chi connectivity index (χ4v) is 4.81. The highest BCUT2D eigenvalue weighted by Crippen LogP contribution is 2.42. The van der Waals surface area contributed by atoms with Crippen molar-refractivity contribution >= 4 is 34.9 Å². The summed E-state index contributed by atoms with van der Waals surface area (Å²) in [6.45, 7) is 1.93. The molecule has 0 saturated heterocycles. The number of carbonyl (C=O) groups is 2. The molecule has 2 aliphatic carbocycles. The summed E-state index contributed by atoms with van der Waals surface area (Å²) >= 11 is 5.91. The molecule has 11 heteroatoms. The van der Waals surface area contributed by atoms with Gasteiger partial charge in [-0.05, 0) is 68.2 Å². The number of anilines is 2. The second-order valence-corrected chi connectivity index (χ2v) is 9.72. The van der Waals surface area contributed by atoms with Crippen LogP contribution in [0.3, 0.4) is 0 Å². The molecular weight excluding hydrogens is 471 g/mol. The van der Waals surface area contributed by atoms with Gasteiger partial charge in [-0.1, -0.05) is 18.5 Å². The third-order valence-corrected chi connectivity index (χ3v) is 6.93. The minimum atomic E-state index is -4.44. The number of hydrogen-bond donors (Lipinski definition) is 3. The largest absolute Gasteiger partial charge is 0.408 e. The average molecular weight is 498 g/mol. The Labute approximate surface area is 200 Å². The molecule has 2 aliphatic rings. The molecule has 7 nitrogen and oxygen atoms in total. The van der Waals surface area contributed by atoms with Crippen molar-refractivity contribution in [3.05, 3.63) is 41.0 Å². The van der Waals surface area contributed by atoms with Crippen LogP contribution in [-0.2, 0) is 4.79 Å². The van der Waals surface area contributed by atoms with E-state index >= 15 is 0 Å². The fraction of sp³-hybridized carbons (Fsp3) is 0.522. The van der Waals surface area contributed by atoms with Crippen molar-refractivity contribution in [1.29, 1.82) is 0 Å². The summed E-state index contributed by atoms with van der Waals surface area (Å²) in [4.78, 5) is 24.6. The Bertz CT molecular complexity index is 1050. The number of halogens is 4. The molecule has 4 atom stereocenters. The van der Waals surface area contributed by atoms with Gasteiger partial charge in [0.05, 0.1) is 6.04 Å². The molecule has 2 amide bonds. The third kappa shape index (κ3) is 5.48. The van der Waals surface area contributed by atoms with Gasteiger partial charge >= 0.3 is 6.18 Å². The molecule has 1 aromatic heterocycles. The maximum absolute atomic E-state index is 13.3. The Hall–Kier alpha value is -2.75. The van der Waals surface area contributed by atoms with Gasteiger partial charge in [0.1, 0.15) is 11.6 Å². The molecule has 0 aliphatic heterocycles. The molecule has 0 bridgehead atoms. The van der Waals surface area contributed by atoms with Crippen LogP contribution in [0.15, 0.2) is 30.5 Å². The number of hydrogen-bond acceptors (Lipinski definition) is 4. The zero-order valence-corrected chi connectivity index (χ0v) is 19.4. The minimum absolute atomic E-state index is 0.0428. The molecule has 1 aromatic carbocycles. The lowest BCUT2D eigenvalue weighted by Crippen LogP contribution is -2.49. The maximum Gasteiger partial charge on any atom is 0.408 e. The summed E-state index contributed by atoms with van der Waals surface area (Å²) in [5, 5.41) is 10.4. The first-order chi connectivity index (χ1) is 16.0. The zero-order chi connectivity index (χ0) is 24.6. The number of primary amides is 1. The number of aromatic nitrogens is 2. The molecule has 34 heavy (non-hydrogen) atoms. The third-order valence-electron chi connectivity index (χ3n) is 6.68. The van der Waals surface area contributed by atoms with Crippen molar-refractivity contribution in [2.75, 3.05) is 5.32 Å². The van der Waals surface area contributed by atoms with E-state index in [2.05, 4.69) is 15.7 Å². The standard InChI is InChI=1S/C23H27ClF3N5O2/c1-12-10-14(22(34)30-19(13-2-3-13)23(25,26)27)4-9-18(12)32-11-17(20(28)33)21(31-32)29-16-7-5-15(24)6-8-16/h5-8,11-14,18-19H,2-4,9-10H2,1H3,(H2,28,33)(H,29,31)(H,30,34)/t12-,14-,18-,19-/m0/s1. The summed E-state index contributed by atoms with van der Waals surface area (Å²) in [5.41, 5.74) is 6.45. The first-order valence-electron chi connectivity index (χ1n) is 11.3. The van der Waals surface area contributed by atoms with E-state index < -0.39 is 35.9 Å². The van der Waals surface area contributed by atoms with Gasteiger partial charge in [-0.25, -0.2) is 0 Å². The van der Waals surface area contributed by atoms with Crippen molar-refractivity contribution in [1.82, 2.24) is 15.1 Å². The summed E-state index contributed by atoms with van der Waals surface area (Å²) < 4.78 is 41.6. The lowest BCUT2D eigenvalue weighted by molar-refractivity contribution is -0.167. The van der Waals surface area contributed by atoms with Gasteiger partial charge in [0.15, 0.2) is 5.82 Å². The number of benzene rings is 1. The van der Waals surface area contributed by atoms with Crippen LogP contribution in [0.5, 0.6) is 0 Å². The summed E-state index contributed by atoms with van der Waals surface area (Å²) in [7, 11) is 0. The Morgan fingerprint density at radius 2 is 1.85 bits per heavy atom. The van der Waals surface area contributed by atoms with Gasteiger partial charge in [0, 0.05) is 22.8 Å². The Balaban J connectivity index is 1.44. The molecule has 0 radical (unpaired) electrons. The summed E-state index contributed by atoms with van der Waals surface area (Å²) in [5.74, 6) is -1.92. The van der Waals surface area contributed by atoms with Crippen LogP contribution >= 0.6 is 11.6 Å². The monoisotopic (exact) mass is 497 g/mol. The van der Waals surface area contributed by atoms with E-state index in [1.165, 1.54) is 0 Å². The lowest BCUT2D eigenvalue weighted by Gasteiger charge is -2.34. The summed E-state index contributed by atoms with van der Waals surface area (Å²) in [6.07, 6.45) is -0.482. The second-order valence-electron chi connectivity index (χ2n) is 9.29. The zero-order valence-electron chi connectivity index (χ0n) is 18.6. The predicted octanol–water partition coefficient (Wildman–Crippen LogP) is 4.81. The number of nitrogens with two attached hydrogens (primary N) is 1. The number of nitrogens with zero attached hydrogens (tertiary/aromatic N) is 2. The minimum Gasteiger partial charge on any atom is -0.365 e. The molecule has 0 unspecified atom stereocenters. The average Bonchev–Trinajstić information content (AvgIpc) is 3.51. The fourth-order valence-electron chi connectivity index (χ4n) is 4.68. The first kappa shape index (κ1) is 24.4. The highest BCUT2D eigenvalue weighted by Gasteiger charge is 2.50. The van der Waals surface area contributed by atoms with E-state index in [1.807, 2.05) is 6.92 Å². The van der Waals surface area contributed by atoms with Crippen LogP contribution in [0.25, 0.3) is 0 Å². The quantitative estimate of drug-likeness (QED) is 0.510. The smallest absolute Gasteiger partial charge is 0.365 e.